The number of aryl methyl sites for hydroxylation is 2. The van der Waals surface area contributed by atoms with Gasteiger partial charge < -0.3 is 9.64 Å². The van der Waals surface area contributed by atoms with Gasteiger partial charge in [-0.3, -0.25) is 4.90 Å². The first-order valence-corrected chi connectivity index (χ1v) is 13.4. The number of aromatic nitrogens is 4. The first-order valence-electron chi connectivity index (χ1n) is 12.6. The van der Waals surface area contributed by atoms with Gasteiger partial charge in [-0.2, -0.15) is 0 Å². The number of nitrogens with zero attached hydrogens (tertiary/aromatic N) is 6. The Morgan fingerprint density at radius 2 is 1.84 bits per heavy atom. The van der Waals surface area contributed by atoms with Crippen LogP contribution in [0, 0.1) is 19.7 Å². The molecule has 1 aromatic carbocycles. The highest BCUT2D eigenvalue weighted by Gasteiger charge is 2.25. The minimum Gasteiger partial charge on any atom is -0.491 e. The van der Waals surface area contributed by atoms with Crippen LogP contribution in [0.3, 0.4) is 0 Å². The molecule has 0 N–H and O–H groups in total. The second-order valence-electron chi connectivity index (χ2n) is 10.3. The molecule has 0 aliphatic carbocycles. The highest BCUT2D eigenvalue weighted by molar-refractivity contribution is 7.18. The summed E-state index contributed by atoms with van der Waals surface area (Å²) in [4.78, 5) is 23.5. The number of pyridine rings is 1. The van der Waals surface area contributed by atoms with Crippen molar-refractivity contribution in [1.29, 1.82) is 0 Å². The van der Waals surface area contributed by atoms with Crippen molar-refractivity contribution in [2.75, 3.05) is 32.1 Å². The fourth-order valence-corrected chi connectivity index (χ4v) is 5.39. The molecule has 1 aliphatic heterocycles. The van der Waals surface area contributed by atoms with E-state index in [2.05, 4.69) is 53.9 Å². The van der Waals surface area contributed by atoms with E-state index in [0.29, 0.717) is 43.0 Å². The van der Waals surface area contributed by atoms with Crippen molar-refractivity contribution in [3.8, 4) is 16.9 Å². The van der Waals surface area contributed by atoms with Crippen LogP contribution in [0.25, 0.3) is 21.5 Å². The average molecular weight is 521 g/mol. The van der Waals surface area contributed by atoms with Gasteiger partial charge in [-0.1, -0.05) is 25.2 Å². The molecule has 0 saturated heterocycles. The van der Waals surface area contributed by atoms with Crippen molar-refractivity contribution >= 4 is 27.5 Å². The molecule has 4 heterocycles. The lowest BCUT2D eigenvalue weighted by Crippen LogP contribution is -2.29. The summed E-state index contributed by atoms with van der Waals surface area (Å²) in [5, 5.41) is 1.09. The summed E-state index contributed by atoms with van der Waals surface area (Å²) in [7, 11) is 3.93. The highest BCUT2D eigenvalue weighted by atomic mass is 32.1. The fraction of sp³-hybridized carbons (Fsp3) is 0.429. The second-order valence-corrected chi connectivity index (χ2v) is 11.3. The van der Waals surface area contributed by atoms with E-state index in [0.717, 1.165) is 43.4 Å². The topological polar surface area (TPSA) is 67.3 Å². The van der Waals surface area contributed by atoms with E-state index in [4.69, 9.17) is 9.72 Å². The molecule has 0 fully saturated rings. The summed E-state index contributed by atoms with van der Waals surface area (Å²) >= 11 is 1.64. The predicted octanol–water partition coefficient (Wildman–Crippen LogP) is 6.05. The Morgan fingerprint density at radius 3 is 2.57 bits per heavy atom. The SMILES string of the molecule is Cc1cc(-c2cnc3sc(C(C)C)nc3c2)cc2c1OCCN(c1nc(C(C)N(C)C)nc(C)c1F)C2. The number of benzene rings is 1. The summed E-state index contributed by atoms with van der Waals surface area (Å²) in [6, 6.07) is 6.31. The van der Waals surface area contributed by atoms with Crippen molar-refractivity contribution in [2.45, 2.75) is 53.1 Å². The monoisotopic (exact) mass is 520 g/mol. The first-order chi connectivity index (χ1) is 17.6. The summed E-state index contributed by atoms with van der Waals surface area (Å²) in [5.74, 6) is 1.77. The third-order valence-corrected chi connectivity index (χ3v) is 8.16. The largest absolute Gasteiger partial charge is 0.491 e. The number of rotatable bonds is 5. The van der Waals surface area contributed by atoms with Gasteiger partial charge in [0.1, 0.15) is 28.5 Å². The lowest BCUT2D eigenvalue weighted by Gasteiger charge is -2.25. The number of halogens is 1. The third kappa shape index (κ3) is 4.90. The molecule has 0 spiro atoms. The van der Waals surface area contributed by atoms with E-state index in [1.165, 1.54) is 0 Å². The maximum absolute atomic E-state index is 15.3. The number of hydrogen-bond acceptors (Lipinski definition) is 8. The summed E-state index contributed by atoms with van der Waals surface area (Å²) < 4.78 is 21.5. The second kappa shape index (κ2) is 9.95. The van der Waals surface area contributed by atoms with Crippen LogP contribution in [-0.4, -0.2) is 52.1 Å². The van der Waals surface area contributed by atoms with Gasteiger partial charge in [0.15, 0.2) is 11.6 Å². The molecule has 37 heavy (non-hydrogen) atoms. The maximum atomic E-state index is 15.3. The number of ether oxygens (including phenoxy) is 1. The molecular weight excluding hydrogens is 487 g/mol. The van der Waals surface area contributed by atoms with Gasteiger partial charge in [-0.05, 0) is 64.2 Å². The molecule has 0 radical (unpaired) electrons. The molecule has 0 bridgehead atoms. The normalized spacial score (nSPS) is 14.7. The van der Waals surface area contributed by atoms with Gasteiger partial charge in [-0.25, -0.2) is 24.3 Å². The molecule has 0 amide bonds. The number of anilines is 1. The predicted molar refractivity (Wildman–Crippen MR) is 147 cm³/mol. The fourth-order valence-electron chi connectivity index (χ4n) is 4.50. The molecule has 1 atom stereocenters. The molecule has 0 saturated carbocycles. The van der Waals surface area contributed by atoms with Crippen LogP contribution in [0.15, 0.2) is 24.4 Å². The van der Waals surface area contributed by atoms with E-state index in [1.54, 1.807) is 18.3 Å². The van der Waals surface area contributed by atoms with Crippen LogP contribution in [-0.2, 0) is 6.54 Å². The molecule has 1 unspecified atom stereocenters. The molecule has 9 heteroatoms. The summed E-state index contributed by atoms with van der Waals surface area (Å²) in [5.41, 5.74) is 5.34. The lowest BCUT2D eigenvalue weighted by atomic mass is 9.99. The molecule has 194 valence electrons. The zero-order valence-corrected chi connectivity index (χ0v) is 23.3. The van der Waals surface area contributed by atoms with Gasteiger partial charge in [0.05, 0.1) is 23.3 Å². The van der Waals surface area contributed by atoms with Crippen molar-refractivity contribution < 1.29 is 9.13 Å². The van der Waals surface area contributed by atoms with E-state index in [-0.39, 0.29) is 11.9 Å². The Bertz CT molecular complexity index is 1470. The minimum absolute atomic E-state index is 0.0354. The zero-order valence-electron chi connectivity index (χ0n) is 22.5. The Balaban J connectivity index is 1.53. The average Bonchev–Trinajstić information content (AvgIpc) is 3.17. The van der Waals surface area contributed by atoms with Crippen LogP contribution < -0.4 is 9.64 Å². The Hall–Kier alpha value is -3.17. The Kier molecular flexibility index (Phi) is 6.85. The minimum atomic E-state index is -0.384. The quantitative estimate of drug-likeness (QED) is 0.317. The van der Waals surface area contributed by atoms with E-state index < -0.39 is 0 Å². The first kappa shape index (κ1) is 25.5. The van der Waals surface area contributed by atoms with Gasteiger partial charge >= 0.3 is 0 Å². The van der Waals surface area contributed by atoms with Crippen LogP contribution in [0.2, 0.25) is 0 Å². The molecule has 1 aliphatic rings. The third-order valence-electron chi connectivity index (χ3n) is 6.88. The molecule has 4 aromatic rings. The Labute approximate surface area is 221 Å². The van der Waals surface area contributed by atoms with Crippen LogP contribution in [0.4, 0.5) is 10.2 Å². The van der Waals surface area contributed by atoms with Crippen molar-refractivity contribution in [3.05, 3.63) is 57.9 Å². The number of thiazole rings is 1. The van der Waals surface area contributed by atoms with Crippen LogP contribution in [0.5, 0.6) is 5.75 Å². The van der Waals surface area contributed by atoms with Crippen molar-refractivity contribution in [3.63, 3.8) is 0 Å². The molecule has 5 rings (SSSR count). The standard InChI is InChI=1S/C28H33FN6OS/c1-15(2)27-32-22-12-20(13-30-28(22)37-27)19-10-16(3)24-21(11-19)14-35(8-9-36-24)26-23(29)17(4)31-25(33-26)18(5)34(6)7/h10-13,15,18H,8-9,14H2,1-7H3. The lowest BCUT2D eigenvalue weighted by molar-refractivity contribution is 0.306. The van der Waals surface area contributed by atoms with Crippen LogP contribution >= 0.6 is 11.3 Å². The maximum Gasteiger partial charge on any atom is 0.186 e. The molecule has 7 nitrogen and oxygen atoms in total. The smallest absolute Gasteiger partial charge is 0.186 e. The van der Waals surface area contributed by atoms with Gasteiger partial charge in [0.25, 0.3) is 0 Å². The van der Waals surface area contributed by atoms with Crippen molar-refractivity contribution in [2.24, 2.45) is 0 Å². The molecule has 3 aromatic heterocycles. The van der Waals surface area contributed by atoms with E-state index in [1.807, 2.05) is 37.0 Å². The van der Waals surface area contributed by atoms with E-state index >= 15 is 4.39 Å². The van der Waals surface area contributed by atoms with Gasteiger partial charge in [0, 0.05) is 29.8 Å². The Morgan fingerprint density at radius 1 is 1.05 bits per heavy atom. The van der Waals surface area contributed by atoms with Crippen molar-refractivity contribution in [1.82, 2.24) is 24.8 Å². The summed E-state index contributed by atoms with van der Waals surface area (Å²) in [6.07, 6.45) is 1.91. The van der Waals surface area contributed by atoms with Crippen LogP contribution in [0.1, 0.15) is 60.4 Å². The number of hydrogen-bond donors (Lipinski definition) is 0. The summed E-state index contributed by atoms with van der Waals surface area (Å²) in [6.45, 7) is 11.5. The van der Waals surface area contributed by atoms with Gasteiger partial charge in [-0.15, -0.1) is 0 Å². The number of fused-ring (bicyclic) bond motifs is 2. The zero-order chi connectivity index (χ0) is 26.4. The van der Waals surface area contributed by atoms with E-state index in [9.17, 15) is 0 Å². The molecular formula is C28H33FN6OS. The highest BCUT2D eigenvalue weighted by Crippen LogP contribution is 2.36. The van der Waals surface area contributed by atoms with Gasteiger partial charge in [0.2, 0.25) is 0 Å².